The lowest BCUT2D eigenvalue weighted by atomic mass is 9.80. The molecule has 2 heterocycles. The van der Waals surface area contributed by atoms with E-state index >= 15 is 0 Å². The minimum Gasteiger partial charge on any atom is -0.460 e. The van der Waals surface area contributed by atoms with Gasteiger partial charge in [0, 0.05) is 40.6 Å². The van der Waals surface area contributed by atoms with Crippen LogP contribution < -0.4 is 10.7 Å². The van der Waals surface area contributed by atoms with Gasteiger partial charge in [0.05, 0.1) is 21.4 Å². The van der Waals surface area contributed by atoms with Gasteiger partial charge in [-0.15, -0.1) is 0 Å². The van der Waals surface area contributed by atoms with Crippen molar-refractivity contribution in [3.8, 4) is 11.1 Å². The summed E-state index contributed by atoms with van der Waals surface area (Å²) in [5, 5.41) is 38.3. The second-order valence-corrected chi connectivity index (χ2v) is 31.2. The Hall–Kier alpha value is -1.82. The zero-order valence-electron chi connectivity index (χ0n) is 36.1. The lowest BCUT2D eigenvalue weighted by molar-refractivity contribution is -0.153. The van der Waals surface area contributed by atoms with Crippen molar-refractivity contribution in [1.82, 2.24) is 19.6 Å². The Morgan fingerprint density at radius 1 is 0.810 bits per heavy atom. The van der Waals surface area contributed by atoms with Crippen LogP contribution in [0.15, 0.2) is 57.7 Å². The summed E-state index contributed by atoms with van der Waals surface area (Å²) >= 11 is 9.48. The zero-order chi connectivity index (χ0) is 44.0. The molecule has 4 rings (SSSR count). The van der Waals surface area contributed by atoms with E-state index in [0.29, 0.717) is 18.9 Å². The Balaban J connectivity index is 0.000000335. The summed E-state index contributed by atoms with van der Waals surface area (Å²) in [5.74, 6) is -0.217. The van der Waals surface area contributed by atoms with Crippen LogP contribution in [0.2, 0.25) is 58.2 Å². The highest BCUT2D eigenvalue weighted by Crippen LogP contribution is 2.32. The number of aryl methyl sites for hydroxylation is 2. The number of hydrogen-bond donors (Lipinski definition) is 4. The van der Waals surface area contributed by atoms with Crippen molar-refractivity contribution in [2.45, 2.75) is 118 Å². The number of rotatable bonds is 16. The molecule has 0 aliphatic rings. The van der Waals surface area contributed by atoms with Gasteiger partial charge in [-0.2, -0.15) is 10.2 Å². The van der Waals surface area contributed by atoms with E-state index in [1.54, 1.807) is 31.1 Å². The van der Waals surface area contributed by atoms with E-state index in [1.165, 1.54) is 6.04 Å². The summed E-state index contributed by atoms with van der Waals surface area (Å²) in [5.41, 5.74) is 5.70. The van der Waals surface area contributed by atoms with E-state index in [0.717, 1.165) is 65.8 Å². The third-order valence-corrected chi connectivity index (χ3v) is 15.1. The molecule has 2 aromatic heterocycles. The Labute approximate surface area is 378 Å². The van der Waals surface area contributed by atoms with Crippen molar-refractivity contribution in [1.29, 1.82) is 0 Å². The van der Waals surface area contributed by atoms with Gasteiger partial charge in [-0.3, -0.25) is 4.79 Å². The van der Waals surface area contributed by atoms with Crippen LogP contribution in [0.5, 0.6) is 0 Å². The first-order valence-electron chi connectivity index (χ1n) is 19.2. The molecule has 4 N–H and O–H groups in total. The maximum atomic E-state index is 12.0. The van der Waals surface area contributed by atoms with E-state index in [9.17, 15) is 4.79 Å². The number of hydrogen-bond acceptors (Lipinski definition) is 10. The predicted molar refractivity (Wildman–Crippen MR) is 259 cm³/mol. The SMILES string of the molecule is CB(O)Nc1ccc(B(O)O)cc1.Cc1nn(COCC[Si](C)(C)C)c(Br)c1-c1ccc(CC(=O)OC(C)(C)C)cc1.Cc1nn(COCC[Si](C)(C)C)c(Br)c1I. The molecule has 12 nitrogen and oxygen atoms in total. The number of benzene rings is 2. The van der Waals surface area contributed by atoms with Gasteiger partial charge in [0.15, 0.2) is 0 Å². The van der Waals surface area contributed by atoms with Crippen LogP contribution in [0, 0.1) is 17.4 Å². The molecule has 0 radical (unpaired) electrons. The van der Waals surface area contributed by atoms with Crippen LogP contribution in [0.1, 0.15) is 37.7 Å². The van der Waals surface area contributed by atoms with Gasteiger partial charge in [-0.1, -0.05) is 75.7 Å². The van der Waals surface area contributed by atoms with Gasteiger partial charge in [-0.05, 0) is 137 Å². The second-order valence-electron chi connectivity index (χ2n) is 17.4. The molecule has 4 aromatic rings. The molecule has 2 aromatic carbocycles. The van der Waals surface area contributed by atoms with E-state index in [2.05, 4.69) is 109 Å². The highest BCUT2D eigenvalue weighted by molar-refractivity contribution is 14.1. The summed E-state index contributed by atoms with van der Waals surface area (Å²) in [6.07, 6.45) is 0.266. The first kappa shape index (κ1) is 52.3. The fourth-order valence-corrected chi connectivity index (χ4v) is 8.03. The Morgan fingerprint density at radius 2 is 1.29 bits per heavy atom. The van der Waals surface area contributed by atoms with Crippen molar-refractivity contribution >= 4 is 102 Å². The van der Waals surface area contributed by atoms with Gasteiger partial charge in [0.2, 0.25) is 0 Å². The number of aromatic nitrogens is 4. The molecule has 0 unspecified atom stereocenters. The highest BCUT2D eigenvalue weighted by Gasteiger charge is 2.19. The number of nitrogens with one attached hydrogen (secondary N) is 1. The van der Waals surface area contributed by atoms with Crippen molar-refractivity contribution in [3.05, 3.63) is 78.3 Å². The average Bonchev–Trinajstić information content (AvgIpc) is 3.51. The predicted octanol–water partition coefficient (Wildman–Crippen LogP) is 8.58. The van der Waals surface area contributed by atoms with E-state index in [-0.39, 0.29) is 12.4 Å². The van der Waals surface area contributed by atoms with Gasteiger partial charge in [-0.25, -0.2) is 9.36 Å². The van der Waals surface area contributed by atoms with Gasteiger partial charge in [0.25, 0.3) is 0 Å². The van der Waals surface area contributed by atoms with Crippen molar-refractivity contribution in [2.75, 3.05) is 18.4 Å². The largest absolute Gasteiger partial charge is 0.488 e. The third kappa shape index (κ3) is 20.2. The molecule has 0 fully saturated rings. The molecule has 0 atom stereocenters. The molecule has 0 aliphatic carbocycles. The number of ether oxygens (including phenoxy) is 3. The van der Waals surface area contributed by atoms with E-state index < -0.39 is 35.9 Å². The smallest absolute Gasteiger partial charge is 0.460 e. The number of esters is 1. The lowest BCUT2D eigenvalue weighted by Crippen LogP contribution is -2.29. The molecule has 19 heteroatoms. The first-order valence-corrected chi connectivity index (χ1v) is 29.3. The van der Waals surface area contributed by atoms with Crippen LogP contribution in [-0.4, -0.2) is 89.7 Å². The standard InChI is InChI=1S/C22H33BrN2O3Si.C10H18BrIN2OSi.C7H11B2NO3/c1-16-20(21(23)25(24-16)15-27-12-13-29(5,6)7)18-10-8-17(9-11-18)14-19(26)28-22(2,3)4;1-8-9(12)10(11)14(13-8)7-15-5-6-16(2,3)4;1-8(11)10-7-4-2-6(3-5-7)9(12)13/h8-11H,12-15H2,1-7H3;5-7H2,1-4H3;2-5,10-13H,1H3. The van der Waals surface area contributed by atoms with Gasteiger partial charge < -0.3 is 34.5 Å². The monoisotopic (exact) mass is 1080 g/mol. The molecule has 58 heavy (non-hydrogen) atoms. The first-order chi connectivity index (χ1) is 26.8. The zero-order valence-corrected chi connectivity index (χ0v) is 43.5. The third-order valence-electron chi connectivity index (χ3n) is 8.08. The summed E-state index contributed by atoms with van der Waals surface area (Å²) in [7, 11) is -4.14. The molecule has 320 valence electrons. The summed E-state index contributed by atoms with van der Waals surface area (Å²) < 4.78 is 23.7. The van der Waals surface area contributed by atoms with Crippen LogP contribution in [0.3, 0.4) is 0 Å². The molecule has 0 amide bonds. The summed E-state index contributed by atoms with van der Waals surface area (Å²) in [6.45, 7) is 27.9. The van der Waals surface area contributed by atoms with E-state index in [1.807, 2.05) is 68.2 Å². The summed E-state index contributed by atoms with van der Waals surface area (Å²) in [4.78, 5) is 12.0. The minimum atomic E-state index is -1.44. The molecule has 0 bridgehead atoms. The Bertz CT molecular complexity index is 1860. The van der Waals surface area contributed by atoms with Crippen molar-refractivity contribution in [2.24, 2.45) is 0 Å². The lowest BCUT2D eigenvalue weighted by Gasteiger charge is -2.19. The van der Waals surface area contributed by atoms with Crippen molar-refractivity contribution in [3.63, 3.8) is 0 Å². The topological polar surface area (TPSA) is 153 Å². The van der Waals surface area contributed by atoms with E-state index in [4.69, 9.17) is 29.3 Å². The van der Waals surface area contributed by atoms with Crippen LogP contribution >= 0.6 is 54.5 Å². The fraction of sp³-hybridized carbons (Fsp3) is 0.513. The Morgan fingerprint density at radius 3 is 1.71 bits per heavy atom. The highest BCUT2D eigenvalue weighted by atomic mass is 127. The fourth-order valence-electron chi connectivity index (χ4n) is 4.97. The summed E-state index contributed by atoms with van der Waals surface area (Å²) in [6, 6.07) is 16.8. The molecular weight excluding hydrogens is 1010 g/mol. The quantitative estimate of drug-likeness (QED) is 0.0372. The second kappa shape index (κ2) is 24.0. The van der Waals surface area contributed by atoms with Gasteiger partial charge >= 0.3 is 20.1 Å². The Kier molecular flexibility index (Phi) is 21.6. The number of halogens is 3. The molecule has 0 saturated heterocycles. The molecule has 0 spiro atoms. The van der Waals surface area contributed by atoms with Crippen LogP contribution in [0.25, 0.3) is 11.1 Å². The van der Waals surface area contributed by atoms with Crippen molar-refractivity contribution < 1.29 is 34.1 Å². The number of carbonyl (C=O) groups is 1. The molecule has 0 aliphatic heterocycles. The van der Waals surface area contributed by atoms with Crippen LogP contribution in [-0.2, 0) is 38.9 Å². The molecular formula is C39H62B2Br2IN5O7Si2. The maximum absolute atomic E-state index is 12.0. The maximum Gasteiger partial charge on any atom is 0.488 e. The number of nitrogens with zero attached hydrogens (tertiary/aromatic N) is 4. The average molecular weight is 1080 g/mol. The van der Waals surface area contributed by atoms with Crippen LogP contribution in [0.4, 0.5) is 5.69 Å². The normalized spacial score (nSPS) is 11.6. The van der Waals surface area contributed by atoms with Gasteiger partial charge in [0.1, 0.15) is 28.3 Å². The number of carbonyl (C=O) groups excluding carboxylic acids is 1. The minimum absolute atomic E-state index is 0.217. The number of anilines is 1. The molecule has 0 saturated carbocycles.